The molecule has 0 radical (unpaired) electrons. The Balaban J connectivity index is 1.16. The fourth-order valence-electron chi connectivity index (χ4n) is 6.74. The van der Waals surface area contributed by atoms with Crippen LogP contribution in [0.4, 0.5) is 10.6 Å². The van der Waals surface area contributed by atoms with Gasteiger partial charge >= 0.3 is 16.4 Å². The molecule has 0 aliphatic carbocycles. The number of ether oxygens (including phenoxy) is 2. The molecule has 0 aromatic carbocycles. The Labute approximate surface area is 343 Å². The second-order valence-corrected chi connectivity index (χ2v) is 24.5. The van der Waals surface area contributed by atoms with Crippen molar-refractivity contribution in [2.24, 2.45) is 11.8 Å². The number of aromatic nitrogens is 4. The predicted molar refractivity (Wildman–Crippen MR) is 216 cm³/mol. The minimum Gasteiger partial charge on any atom is -0.411 e. The highest BCUT2D eigenvalue weighted by atomic mass is 32.2. The van der Waals surface area contributed by atoms with Gasteiger partial charge in [-0.25, -0.2) is 19.7 Å². The molecule has 58 heavy (non-hydrogen) atoms. The van der Waals surface area contributed by atoms with Crippen LogP contribution in [0.15, 0.2) is 54.3 Å². The van der Waals surface area contributed by atoms with E-state index in [1.165, 1.54) is 30.1 Å². The van der Waals surface area contributed by atoms with Crippen LogP contribution < -0.4 is 10.5 Å². The first-order chi connectivity index (χ1) is 27.2. The number of allylic oxidation sites excluding steroid dienone is 2. The molecule has 3 N–H and O–H groups in total. The molecular formula is C36H47N7O11S3Si. The van der Waals surface area contributed by atoms with Gasteiger partial charge in [-0.2, -0.15) is 13.1 Å². The van der Waals surface area contributed by atoms with E-state index in [1.807, 2.05) is 12.3 Å². The number of nitrogen functional groups attached to an aromatic ring is 1. The number of hydrogen-bond acceptors (Lipinski definition) is 16. The first kappa shape index (κ1) is 43.4. The van der Waals surface area contributed by atoms with Gasteiger partial charge < -0.3 is 19.6 Å². The Bertz CT molecular complexity index is 2270. The van der Waals surface area contributed by atoms with E-state index in [0.29, 0.717) is 11.2 Å². The number of ketones is 2. The van der Waals surface area contributed by atoms with Crippen LogP contribution in [0.1, 0.15) is 58.1 Å². The number of thiophene rings is 1. The Hall–Kier alpha value is -4.19. The summed E-state index contributed by atoms with van der Waals surface area (Å²) >= 11 is 1.40. The second-order valence-electron chi connectivity index (χ2n) is 15.8. The van der Waals surface area contributed by atoms with Crippen molar-refractivity contribution < 1.29 is 49.9 Å². The second kappa shape index (κ2) is 16.8. The van der Waals surface area contributed by atoms with Crippen molar-refractivity contribution in [3.8, 4) is 0 Å². The molecule has 1 unspecified atom stereocenters. The van der Waals surface area contributed by atoms with Crippen LogP contribution in [0.5, 0.6) is 0 Å². The molecule has 6 rings (SSSR count). The third-order valence-corrected chi connectivity index (χ3v) is 18.7. The number of anilines is 1. The maximum atomic E-state index is 13.5. The van der Waals surface area contributed by atoms with Crippen molar-refractivity contribution in [2.45, 2.75) is 95.3 Å². The molecule has 3 aliphatic heterocycles. The molecule has 0 saturated carbocycles. The van der Waals surface area contributed by atoms with Crippen LogP contribution in [0.2, 0.25) is 18.1 Å². The number of imidazole rings is 1. The van der Waals surface area contributed by atoms with Gasteiger partial charge in [-0.1, -0.05) is 39.8 Å². The number of nitrogens with one attached hydrogen (secondary N) is 1. The normalized spacial score (nSPS) is 25.0. The predicted octanol–water partition coefficient (Wildman–Crippen LogP) is 3.88. The number of hydrogen-bond donors (Lipinski definition) is 2. The third kappa shape index (κ3) is 8.87. The number of nitrogens with two attached hydrogens (primary N) is 1. The molecule has 2 fully saturated rings. The zero-order valence-electron chi connectivity index (χ0n) is 32.9. The number of rotatable bonds is 16. The Kier molecular flexibility index (Phi) is 12.6. The quantitative estimate of drug-likeness (QED) is 0.118. The van der Waals surface area contributed by atoms with Gasteiger partial charge in [0.05, 0.1) is 47.6 Å². The van der Waals surface area contributed by atoms with Crippen molar-refractivity contribution in [3.63, 3.8) is 0 Å². The van der Waals surface area contributed by atoms with E-state index in [0.717, 1.165) is 9.78 Å². The van der Waals surface area contributed by atoms with E-state index in [1.54, 1.807) is 21.4 Å². The largest absolute Gasteiger partial charge is 0.427 e. The number of Topliss-reactive ketones (excluding diaryl/α,β-unsaturated/α-hetero) is 2. The summed E-state index contributed by atoms with van der Waals surface area (Å²) in [7, 11) is -9.21. The SMILES string of the molecule is C=CCCC(=O)C1=C(OC(=O)NS(=O)(=O)OC[C@H]2O[C@@H](n3cnc4c(N)ncnc43)[C@H](O[Si](C)(C)C(C)(C)C)[C@@H]2C)CS(=O)[C@@H]2[C@H](CC(=O)Cc3cccs3)C(=O)N12. The minimum atomic E-state index is -4.87. The van der Waals surface area contributed by atoms with Crippen LogP contribution in [0.3, 0.4) is 0 Å². The van der Waals surface area contributed by atoms with Crippen molar-refractivity contribution in [2.75, 3.05) is 18.1 Å². The zero-order valence-corrected chi connectivity index (χ0v) is 36.4. The van der Waals surface area contributed by atoms with E-state index in [2.05, 4.69) is 55.4 Å². The van der Waals surface area contributed by atoms with Gasteiger partial charge in [-0.15, -0.1) is 17.9 Å². The zero-order chi connectivity index (χ0) is 42.3. The van der Waals surface area contributed by atoms with Gasteiger partial charge in [0.2, 0.25) is 5.91 Å². The molecule has 0 spiro atoms. The number of amides is 2. The van der Waals surface area contributed by atoms with Crippen molar-refractivity contribution in [1.29, 1.82) is 0 Å². The van der Waals surface area contributed by atoms with Crippen LogP contribution in [-0.2, 0) is 60.0 Å². The summed E-state index contributed by atoms with van der Waals surface area (Å²) < 4.78 is 66.9. The topological polar surface area (TPSA) is 241 Å². The highest BCUT2D eigenvalue weighted by Crippen LogP contribution is 2.45. The number of fused-ring (bicyclic) bond motifs is 2. The molecular weight excluding hydrogens is 831 g/mol. The lowest BCUT2D eigenvalue weighted by atomic mass is 9.89. The molecule has 314 valence electrons. The Morgan fingerprint density at radius 2 is 1.97 bits per heavy atom. The summed E-state index contributed by atoms with van der Waals surface area (Å²) in [6, 6.07) is 3.60. The first-order valence-electron chi connectivity index (χ1n) is 18.5. The highest BCUT2D eigenvalue weighted by Gasteiger charge is 2.57. The standard InChI is InChI=1S/C36H47N7O11S3Si/c1-8-9-12-24(45)28-26(17-56(48)34-23(32(46)43(28)34)15-21(44)14-22-11-10-13-55-22)53-35(47)41-57(49,50)51-16-25-20(2)29(54-58(6,7)36(3,4)5)33(52-25)42-19-40-27-30(37)38-18-39-31(27)42/h8,10-11,13,18-20,23,25,29,33-34H,1,9,12,14-17H2,2-7H3,(H,41,47)(H2,37,38,39)/t20-,23-,25-,29-,33-,34-,56?/m1/s1. The van der Waals surface area contributed by atoms with Crippen molar-refractivity contribution in [1.82, 2.24) is 29.1 Å². The summed E-state index contributed by atoms with van der Waals surface area (Å²) in [4.78, 5) is 67.2. The van der Waals surface area contributed by atoms with E-state index < -0.39 is 101 Å². The molecule has 2 saturated heterocycles. The molecule has 3 aliphatic rings. The van der Waals surface area contributed by atoms with E-state index >= 15 is 0 Å². The number of carbonyl (C=O) groups excluding carboxylic acids is 4. The smallest absolute Gasteiger partial charge is 0.411 e. The van der Waals surface area contributed by atoms with Crippen LogP contribution in [-0.4, -0.2) is 98.9 Å². The van der Waals surface area contributed by atoms with Gasteiger partial charge in [-0.3, -0.25) is 32.2 Å². The monoisotopic (exact) mass is 877 g/mol. The minimum absolute atomic E-state index is 0.108. The fourth-order valence-corrected chi connectivity index (χ4v) is 11.1. The molecule has 18 nitrogen and oxygen atoms in total. The number of carbonyl (C=O) groups is 4. The molecule has 3 aromatic heterocycles. The van der Waals surface area contributed by atoms with E-state index in [4.69, 9.17) is 23.8 Å². The van der Waals surface area contributed by atoms with Crippen LogP contribution >= 0.6 is 11.3 Å². The highest BCUT2D eigenvalue weighted by molar-refractivity contribution is 7.86. The van der Waals surface area contributed by atoms with Crippen LogP contribution in [0.25, 0.3) is 11.2 Å². The first-order valence-corrected chi connectivity index (χ1v) is 25.1. The number of β-lactam (4-membered cyclic amide) rings is 1. The fraction of sp³-hybridized carbons (Fsp3) is 0.528. The average Bonchev–Trinajstić information content (AvgIpc) is 3.88. The maximum Gasteiger partial charge on any atom is 0.427 e. The van der Waals surface area contributed by atoms with Gasteiger partial charge in [0.25, 0.3) is 0 Å². The lowest BCUT2D eigenvalue weighted by Crippen LogP contribution is -2.65. The molecule has 3 aromatic rings. The van der Waals surface area contributed by atoms with Crippen molar-refractivity contribution >= 4 is 81.3 Å². The molecule has 0 bridgehead atoms. The molecule has 22 heteroatoms. The summed E-state index contributed by atoms with van der Waals surface area (Å²) in [6.07, 6.45) is 0.432. The summed E-state index contributed by atoms with van der Waals surface area (Å²) in [5.74, 6) is -3.63. The molecule has 2 amide bonds. The van der Waals surface area contributed by atoms with Crippen LogP contribution in [0, 0.1) is 11.8 Å². The molecule has 7 atom stereocenters. The lowest BCUT2D eigenvalue weighted by Gasteiger charge is -2.49. The van der Waals surface area contributed by atoms with Crippen molar-refractivity contribution in [3.05, 3.63) is 59.2 Å². The van der Waals surface area contributed by atoms with Gasteiger partial charge in [-0.05, 0) is 36.0 Å². The summed E-state index contributed by atoms with van der Waals surface area (Å²) in [5, 5.41) is 0.640. The Morgan fingerprint density at radius 3 is 2.64 bits per heavy atom. The summed E-state index contributed by atoms with van der Waals surface area (Å²) in [6.45, 7) is 15.3. The Morgan fingerprint density at radius 1 is 1.22 bits per heavy atom. The third-order valence-electron chi connectivity index (χ3n) is 10.8. The average molecular weight is 878 g/mol. The lowest BCUT2D eigenvalue weighted by molar-refractivity contribution is -0.151. The summed E-state index contributed by atoms with van der Waals surface area (Å²) in [5.41, 5.74) is 6.45. The maximum absolute atomic E-state index is 13.5. The van der Waals surface area contributed by atoms with E-state index in [9.17, 15) is 31.8 Å². The van der Waals surface area contributed by atoms with Gasteiger partial charge in [0.15, 0.2) is 31.8 Å². The van der Waals surface area contributed by atoms with Gasteiger partial charge in [0, 0.05) is 30.1 Å². The van der Waals surface area contributed by atoms with E-state index in [-0.39, 0.29) is 48.0 Å². The number of nitrogens with zero attached hydrogens (tertiary/aromatic N) is 5. The molecule has 6 heterocycles. The van der Waals surface area contributed by atoms with Gasteiger partial charge in [0.1, 0.15) is 34.5 Å².